The third kappa shape index (κ3) is 0.485. The molecule has 0 radical (unpaired) electrons. The predicted octanol–water partition coefficient (Wildman–Crippen LogP) is 1.55. The highest BCUT2D eigenvalue weighted by molar-refractivity contribution is 5.17. The lowest BCUT2D eigenvalue weighted by molar-refractivity contribution is 0.257. The van der Waals surface area contributed by atoms with Gasteiger partial charge >= 0.3 is 0 Å². The van der Waals surface area contributed by atoms with Crippen LogP contribution in [0.2, 0.25) is 0 Å². The third-order valence-corrected chi connectivity index (χ3v) is 3.33. The van der Waals surface area contributed by atoms with Crippen molar-refractivity contribution in [2.24, 2.45) is 0 Å². The maximum Gasteiger partial charge on any atom is 0.0288 e. The van der Waals surface area contributed by atoms with E-state index in [0.717, 1.165) is 18.1 Å². The molecule has 2 saturated heterocycles. The Morgan fingerprint density at radius 2 is 1.50 bits per heavy atom. The smallest absolute Gasteiger partial charge is 0.0288 e. The molecule has 0 saturated carbocycles. The molecule has 0 aliphatic carbocycles. The monoisotopic (exact) mass is 135 g/mol. The minimum atomic E-state index is 0.845. The fraction of sp³-hybridized carbons (Fsp3) is 0.778. The molecule has 0 aromatic carbocycles. The number of rotatable bonds is 0. The van der Waals surface area contributed by atoms with E-state index in [4.69, 9.17) is 0 Å². The van der Waals surface area contributed by atoms with Crippen LogP contribution in [0.15, 0.2) is 12.2 Å². The average molecular weight is 135 g/mol. The lowest BCUT2D eigenvalue weighted by atomic mass is 10.1. The van der Waals surface area contributed by atoms with Crippen LogP contribution in [0, 0.1) is 0 Å². The van der Waals surface area contributed by atoms with Gasteiger partial charge in [0.2, 0.25) is 0 Å². The summed E-state index contributed by atoms with van der Waals surface area (Å²) in [6.07, 6.45) is 10.6. The number of nitrogens with zero attached hydrogens (tertiary/aromatic N) is 1. The van der Waals surface area contributed by atoms with Crippen LogP contribution < -0.4 is 0 Å². The molecule has 0 aromatic rings. The van der Waals surface area contributed by atoms with Gasteiger partial charge in [-0.2, -0.15) is 0 Å². The first-order valence-corrected chi connectivity index (χ1v) is 4.41. The second-order valence-electron chi connectivity index (χ2n) is 3.78. The van der Waals surface area contributed by atoms with Gasteiger partial charge in [-0.05, 0) is 25.7 Å². The Bertz CT molecular complexity index is 167. The predicted molar refractivity (Wildman–Crippen MR) is 40.8 cm³/mol. The van der Waals surface area contributed by atoms with Crippen LogP contribution >= 0.6 is 0 Å². The van der Waals surface area contributed by atoms with Crippen LogP contribution in [0.3, 0.4) is 0 Å². The Hall–Kier alpha value is -0.300. The molecule has 3 heterocycles. The van der Waals surface area contributed by atoms with E-state index in [1.165, 1.54) is 25.7 Å². The summed E-state index contributed by atoms with van der Waals surface area (Å²) in [5.41, 5.74) is 0. The maximum absolute atomic E-state index is 2.72. The quantitative estimate of drug-likeness (QED) is 0.455. The van der Waals surface area contributed by atoms with Crippen LogP contribution in [0.4, 0.5) is 0 Å². The van der Waals surface area contributed by atoms with Gasteiger partial charge in [-0.3, -0.25) is 4.90 Å². The molecular weight excluding hydrogens is 122 g/mol. The molecule has 3 atom stereocenters. The van der Waals surface area contributed by atoms with Crippen LogP contribution in [0.25, 0.3) is 0 Å². The molecule has 0 bridgehead atoms. The molecule has 0 aromatic heterocycles. The normalized spacial score (nSPS) is 50.6. The molecule has 3 aliphatic heterocycles. The van der Waals surface area contributed by atoms with E-state index in [1.54, 1.807) is 0 Å². The second-order valence-corrected chi connectivity index (χ2v) is 3.78. The third-order valence-electron chi connectivity index (χ3n) is 3.33. The van der Waals surface area contributed by atoms with Gasteiger partial charge in [-0.1, -0.05) is 12.2 Å². The number of hydrogen-bond acceptors (Lipinski definition) is 1. The summed E-state index contributed by atoms with van der Waals surface area (Å²) in [5, 5.41) is 0. The Balaban J connectivity index is 2.01. The van der Waals surface area contributed by atoms with E-state index >= 15 is 0 Å². The molecular formula is C9H13N. The van der Waals surface area contributed by atoms with Crippen LogP contribution in [-0.4, -0.2) is 23.0 Å². The highest BCUT2D eigenvalue weighted by atomic mass is 15.3. The largest absolute Gasteiger partial charge is 0.288 e. The Morgan fingerprint density at radius 1 is 0.900 bits per heavy atom. The van der Waals surface area contributed by atoms with Crippen molar-refractivity contribution in [1.29, 1.82) is 0 Å². The van der Waals surface area contributed by atoms with E-state index in [-0.39, 0.29) is 0 Å². The van der Waals surface area contributed by atoms with Crippen molar-refractivity contribution in [2.45, 2.75) is 43.8 Å². The van der Waals surface area contributed by atoms with Gasteiger partial charge in [0.1, 0.15) is 0 Å². The van der Waals surface area contributed by atoms with Gasteiger partial charge in [0.05, 0.1) is 0 Å². The summed E-state index contributed by atoms with van der Waals surface area (Å²) in [4.78, 5) is 2.72. The molecule has 1 unspecified atom stereocenters. The van der Waals surface area contributed by atoms with E-state index in [0.29, 0.717) is 0 Å². The highest BCUT2D eigenvalue weighted by Crippen LogP contribution is 2.40. The maximum atomic E-state index is 2.72. The van der Waals surface area contributed by atoms with Gasteiger partial charge in [0.15, 0.2) is 0 Å². The molecule has 2 fully saturated rings. The summed E-state index contributed by atoms with van der Waals surface area (Å²) < 4.78 is 0. The molecule has 1 nitrogen and oxygen atoms in total. The molecule has 1 heteroatoms. The van der Waals surface area contributed by atoms with Crippen molar-refractivity contribution >= 4 is 0 Å². The van der Waals surface area contributed by atoms with Crippen molar-refractivity contribution < 1.29 is 0 Å². The van der Waals surface area contributed by atoms with Gasteiger partial charge in [0, 0.05) is 18.1 Å². The number of hydrogen-bond donors (Lipinski definition) is 0. The lowest BCUT2D eigenvalue weighted by Gasteiger charge is -2.20. The molecule has 0 spiro atoms. The Labute approximate surface area is 61.7 Å². The highest BCUT2D eigenvalue weighted by Gasteiger charge is 2.43. The zero-order valence-corrected chi connectivity index (χ0v) is 6.16. The first kappa shape index (κ1) is 5.36. The summed E-state index contributed by atoms with van der Waals surface area (Å²) in [7, 11) is 0. The van der Waals surface area contributed by atoms with E-state index < -0.39 is 0 Å². The zero-order chi connectivity index (χ0) is 6.55. The lowest BCUT2D eigenvalue weighted by Crippen LogP contribution is -2.31. The molecule has 0 N–H and O–H groups in total. The molecule has 54 valence electrons. The topological polar surface area (TPSA) is 3.24 Å². The van der Waals surface area contributed by atoms with E-state index in [1.807, 2.05) is 0 Å². The van der Waals surface area contributed by atoms with Crippen molar-refractivity contribution in [2.75, 3.05) is 0 Å². The van der Waals surface area contributed by atoms with Crippen LogP contribution in [-0.2, 0) is 0 Å². The van der Waals surface area contributed by atoms with Crippen LogP contribution in [0.1, 0.15) is 25.7 Å². The standard InChI is InChI=1S/C9H13N/c1-2-8-5-6-9-4-3-7(1)10(8)9/h1-2,7-9H,3-6H2/t7-,8+,9?. The van der Waals surface area contributed by atoms with Gasteiger partial charge in [-0.25, -0.2) is 0 Å². The van der Waals surface area contributed by atoms with Crippen LogP contribution in [0.5, 0.6) is 0 Å². The van der Waals surface area contributed by atoms with Crippen molar-refractivity contribution in [1.82, 2.24) is 4.90 Å². The molecule has 3 rings (SSSR count). The summed E-state index contributed by atoms with van der Waals surface area (Å²) in [5.74, 6) is 0. The Kier molecular flexibility index (Phi) is 0.883. The molecule has 10 heavy (non-hydrogen) atoms. The minimum absolute atomic E-state index is 0.845. The molecule has 3 aliphatic rings. The first-order valence-electron chi connectivity index (χ1n) is 4.41. The molecule has 0 amide bonds. The fourth-order valence-electron chi connectivity index (χ4n) is 2.90. The van der Waals surface area contributed by atoms with Crippen molar-refractivity contribution in [3.8, 4) is 0 Å². The van der Waals surface area contributed by atoms with Gasteiger partial charge in [0.25, 0.3) is 0 Å². The van der Waals surface area contributed by atoms with Crippen molar-refractivity contribution in [3.63, 3.8) is 0 Å². The van der Waals surface area contributed by atoms with E-state index in [2.05, 4.69) is 17.1 Å². The van der Waals surface area contributed by atoms with E-state index in [9.17, 15) is 0 Å². The Morgan fingerprint density at radius 3 is 2.10 bits per heavy atom. The van der Waals surface area contributed by atoms with Gasteiger partial charge < -0.3 is 0 Å². The second kappa shape index (κ2) is 1.65. The first-order chi connectivity index (χ1) is 4.95. The van der Waals surface area contributed by atoms with Gasteiger partial charge in [-0.15, -0.1) is 0 Å². The zero-order valence-electron chi connectivity index (χ0n) is 6.16. The average Bonchev–Trinajstić information content (AvgIpc) is 2.56. The SMILES string of the molecule is C1=C[C@H]2CCC3CC[C@@H]1N32. The summed E-state index contributed by atoms with van der Waals surface area (Å²) in [6, 6.07) is 2.65. The summed E-state index contributed by atoms with van der Waals surface area (Å²) >= 11 is 0. The van der Waals surface area contributed by atoms with Crippen molar-refractivity contribution in [3.05, 3.63) is 12.2 Å². The minimum Gasteiger partial charge on any atom is -0.288 e. The fourth-order valence-corrected chi connectivity index (χ4v) is 2.90. The summed E-state index contributed by atoms with van der Waals surface area (Å²) in [6.45, 7) is 0.